The van der Waals surface area contributed by atoms with E-state index in [1.807, 2.05) is 4.90 Å². The first kappa shape index (κ1) is 17.2. The Balaban J connectivity index is 1.59. The van der Waals surface area contributed by atoms with Crippen molar-refractivity contribution in [1.82, 2.24) is 20.4 Å². The number of likely N-dealkylation sites (tertiary alicyclic amines) is 1. The molecule has 0 unspecified atom stereocenters. The molecule has 4 atom stereocenters. The first-order chi connectivity index (χ1) is 11.2. The largest absolute Gasteiger partial charge is 0.455 e. The smallest absolute Gasteiger partial charge is 0.391 e. The van der Waals surface area contributed by atoms with Gasteiger partial charge in [0.15, 0.2) is 0 Å². The average Bonchev–Trinajstić information content (AvgIpc) is 3.05. The molecule has 134 valence electrons. The summed E-state index contributed by atoms with van der Waals surface area (Å²) in [5.74, 6) is -1.00. The molecule has 24 heavy (non-hydrogen) atoms. The fourth-order valence-electron chi connectivity index (χ4n) is 3.70. The summed E-state index contributed by atoms with van der Waals surface area (Å²) >= 11 is 0. The van der Waals surface area contributed by atoms with E-state index in [9.17, 15) is 23.1 Å². The fourth-order valence-corrected chi connectivity index (χ4v) is 3.70. The van der Waals surface area contributed by atoms with Crippen LogP contribution in [0.5, 0.6) is 0 Å². The monoisotopic (exact) mass is 348 g/mol. The van der Waals surface area contributed by atoms with Gasteiger partial charge in [-0.3, -0.25) is 9.69 Å². The van der Waals surface area contributed by atoms with E-state index >= 15 is 0 Å². The number of nitrogens with one attached hydrogen (secondary N) is 1. The average molecular weight is 348 g/mol. The van der Waals surface area contributed by atoms with Crippen molar-refractivity contribution in [3.05, 3.63) is 11.7 Å². The van der Waals surface area contributed by atoms with E-state index in [0.29, 0.717) is 25.9 Å². The van der Waals surface area contributed by atoms with Gasteiger partial charge in [-0.25, -0.2) is 0 Å². The van der Waals surface area contributed by atoms with Crippen LogP contribution in [0.25, 0.3) is 0 Å². The third kappa shape index (κ3) is 3.69. The van der Waals surface area contributed by atoms with Gasteiger partial charge in [0.05, 0.1) is 18.7 Å². The number of aliphatic hydroxyl groups excluding tert-OH is 1. The van der Waals surface area contributed by atoms with Crippen LogP contribution in [0.4, 0.5) is 13.2 Å². The van der Waals surface area contributed by atoms with E-state index in [2.05, 4.69) is 20.0 Å². The quantitative estimate of drug-likeness (QED) is 0.839. The second-order valence-corrected chi connectivity index (χ2v) is 6.57. The molecule has 0 bridgehead atoms. The lowest BCUT2D eigenvalue weighted by atomic mass is 9.77. The number of alkyl halides is 3. The normalized spacial score (nSPS) is 31.0. The number of carbonyl (C=O) groups excluding carboxylic acids is 1. The highest BCUT2D eigenvalue weighted by Crippen LogP contribution is 2.37. The molecule has 0 aromatic carbocycles. The topological polar surface area (TPSA) is 91.5 Å². The number of aromatic nitrogens is 2. The van der Waals surface area contributed by atoms with Gasteiger partial charge in [0, 0.05) is 20.0 Å². The predicted octanol–water partition coefficient (Wildman–Crippen LogP) is 0.796. The number of fused-ring (bicyclic) bond motifs is 1. The zero-order chi connectivity index (χ0) is 17.5. The Hall–Kier alpha value is -1.68. The number of nitrogens with zero attached hydrogens (tertiary/aromatic N) is 3. The molecule has 1 aromatic rings. The molecule has 1 aromatic heterocycles. The summed E-state index contributed by atoms with van der Waals surface area (Å²) in [7, 11) is 0. The van der Waals surface area contributed by atoms with Crippen LogP contribution < -0.4 is 5.32 Å². The summed E-state index contributed by atoms with van der Waals surface area (Å²) in [6, 6.07) is -0.274. The number of carbonyl (C=O) groups is 1. The first-order valence-corrected chi connectivity index (χ1v) is 7.79. The molecular weight excluding hydrogens is 329 g/mol. The molecule has 2 fully saturated rings. The highest BCUT2D eigenvalue weighted by molar-refractivity contribution is 5.73. The van der Waals surface area contributed by atoms with Gasteiger partial charge < -0.3 is 14.9 Å². The van der Waals surface area contributed by atoms with Gasteiger partial charge >= 0.3 is 6.18 Å². The lowest BCUT2D eigenvalue weighted by Crippen LogP contribution is -2.48. The summed E-state index contributed by atoms with van der Waals surface area (Å²) in [5.41, 5.74) is 0. The molecule has 2 heterocycles. The maximum Gasteiger partial charge on any atom is 0.455 e. The van der Waals surface area contributed by atoms with Crippen LogP contribution in [0.15, 0.2) is 4.52 Å². The minimum atomic E-state index is -4.61. The van der Waals surface area contributed by atoms with Crippen LogP contribution in [-0.4, -0.2) is 51.3 Å². The Morgan fingerprint density at radius 3 is 2.62 bits per heavy atom. The van der Waals surface area contributed by atoms with Crippen LogP contribution >= 0.6 is 0 Å². The van der Waals surface area contributed by atoms with Crippen LogP contribution in [0, 0.1) is 11.8 Å². The van der Waals surface area contributed by atoms with Gasteiger partial charge in [-0.2, -0.15) is 18.2 Å². The third-order valence-electron chi connectivity index (χ3n) is 4.69. The minimum Gasteiger partial charge on any atom is -0.391 e. The molecule has 3 rings (SSSR count). The van der Waals surface area contributed by atoms with Gasteiger partial charge in [0.1, 0.15) is 0 Å². The van der Waals surface area contributed by atoms with Crippen molar-refractivity contribution in [2.75, 3.05) is 13.1 Å². The Morgan fingerprint density at radius 2 is 2.04 bits per heavy atom. The fraction of sp³-hybridized carbons (Fsp3) is 0.786. The molecule has 0 spiro atoms. The molecule has 1 aliphatic carbocycles. The summed E-state index contributed by atoms with van der Waals surface area (Å²) < 4.78 is 42.1. The summed E-state index contributed by atoms with van der Waals surface area (Å²) in [4.78, 5) is 16.5. The third-order valence-corrected chi connectivity index (χ3v) is 4.69. The number of rotatable bonds is 3. The molecule has 7 nitrogen and oxygen atoms in total. The molecule has 1 aliphatic heterocycles. The molecule has 1 amide bonds. The highest BCUT2D eigenvalue weighted by Gasteiger charge is 2.42. The number of hydrogen-bond acceptors (Lipinski definition) is 6. The Kier molecular flexibility index (Phi) is 4.52. The zero-order valence-electron chi connectivity index (χ0n) is 13.1. The second-order valence-electron chi connectivity index (χ2n) is 6.57. The van der Waals surface area contributed by atoms with Gasteiger partial charge in [0.2, 0.25) is 11.8 Å². The van der Waals surface area contributed by atoms with E-state index in [-0.39, 0.29) is 36.2 Å². The van der Waals surface area contributed by atoms with E-state index < -0.39 is 18.1 Å². The highest BCUT2D eigenvalue weighted by atomic mass is 19.4. The molecule has 0 radical (unpaired) electrons. The van der Waals surface area contributed by atoms with Crippen LogP contribution in [0.3, 0.4) is 0 Å². The van der Waals surface area contributed by atoms with E-state index in [1.165, 1.54) is 6.92 Å². The Bertz CT molecular complexity index is 606. The van der Waals surface area contributed by atoms with Gasteiger partial charge in [-0.15, -0.1) is 0 Å². The number of hydrogen-bond donors (Lipinski definition) is 2. The molecule has 10 heteroatoms. The first-order valence-electron chi connectivity index (χ1n) is 7.79. The van der Waals surface area contributed by atoms with Crippen molar-refractivity contribution in [1.29, 1.82) is 0 Å². The maximum atomic E-state index is 12.5. The van der Waals surface area contributed by atoms with Crippen molar-refractivity contribution >= 4 is 5.91 Å². The molecule has 2 N–H and O–H groups in total. The molecule has 2 aliphatic rings. The lowest BCUT2D eigenvalue weighted by Gasteiger charge is -2.35. The number of halogens is 3. The van der Waals surface area contributed by atoms with Crippen LogP contribution in [0.1, 0.15) is 31.5 Å². The number of amides is 1. The van der Waals surface area contributed by atoms with Crippen LogP contribution in [-0.2, 0) is 17.5 Å². The zero-order valence-corrected chi connectivity index (χ0v) is 13.1. The van der Waals surface area contributed by atoms with E-state index in [1.54, 1.807) is 0 Å². The standard InChI is InChI=1S/C14H19F3N4O3/c1-7(22)18-10-2-8-4-21(5-9(8)3-11(10)23)6-12-19-13(20-24-12)14(15,16)17/h8-11,23H,2-6H2,1H3,(H,18,22)/t8-,9+,10-,11-/m1/s1. The summed E-state index contributed by atoms with van der Waals surface area (Å²) in [6.07, 6.45) is -4.00. The predicted molar refractivity (Wildman–Crippen MR) is 74.4 cm³/mol. The van der Waals surface area contributed by atoms with E-state index in [0.717, 1.165) is 0 Å². The van der Waals surface area contributed by atoms with Crippen molar-refractivity contribution in [2.45, 2.75) is 44.6 Å². The Morgan fingerprint density at radius 1 is 1.38 bits per heavy atom. The SMILES string of the molecule is CC(=O)N[C@@H]1C[C@@H]2CN(Cc3nc(C(F)(F)F)no3)C[C@@H]2C[C@H]1O. The van der Waals surface area contributed by atoms with Gasteiger partial charge in [-0.1, -0.05) is 5.16 Å². The second kappa shape index (κ2) is 6.32. The van der Waals surface area contributed by atoms with Gasteiger partial charge in [0.25, 0.3) is 5.82 Å². The maximum absolute atomic E-state index is 12.5. The summed E-state index contributed by atoms with van der Waals surface area (Å²) in [5, 5.41) is 15.8. The van der Waals surface area contributed by atoms with Crippen molar-refractivity contribution in [3.8, 4) is 0 Å². The van der Waals surface area contributed by atoms with E-state index in [4.69, 9.17) is 0 Å². The van der Waals surface area contributed by atoms with Crippen LogP contribution in [0.2, 0.25) is 0 Å². The molecular formula is C14H19F3N4O3. The molecule has 1 saturated heterocycles. The van der Waals surface area contributed by atoms with Crippen molar-refractivity contribution in [3.63, 3.8) is 0 Å². The van der Waals surface area contributed by atoms with Crippen molar-refractivity contribution in [2.24, 2.45) is 11.8 Å². The van der Waals surface area contributed by atoms with Gasteiger partial charge in [-0.05, 0) is 24.7 Å². The lowest BCUT2D eigenvalue weighted by molar-refractivity contribution is -0.146. The van der Waals surface area contributed by atoms with Crippen molar-refractivity contribution < 1.29 is 27.6 Å². The Labute approximate surface area is 136 Å². The number of aliphatic hydroxyl groups is 1. The summed E-state index contributed by atoms with van der Waals surface area (Å²) in [6.45, 7) is 2.88. The minimum absolute atomic E-state index is 0.0695. The molecule has 1 saturated carbocycles.